The Kier molecular flexibility index (Phi) is 3.92. The average Bonchev–Trinajstić information content (AvgIpc) is 2.61. The molecule has 0 heterocycles. The van der Waals surface area contributed by atoms with Crippen molar-refractivity contribution in [3.8, 4) is 11.5 Å². The molecule has 0 unspecified atom stereocenters. The number of anilines is 2. The van der Waals surface area contributed by atoms with E-state index in [2.05, 4.69) is 32.0 Å². The monoisotopic (exact) mass is 342 g/mol. The summed E-state index contributed by atoms with van der Waals surface area (Å²) in [6.45, 7) is 4.37. The Hall–Kier alpha value is -3.20. The molecular weight excluding hydrogens is 320 g/mol. The van der Waals surface area contributed by atoms with Crippen molar-refractivity contribution in [2.24, 2.45) is 0 Å². The van der Waals surface area contributed by atoms with Crippen LogP contribution in [0.3, 0.4) is 0 Å². The molecular formula is C23H22N2O. The van der Waals surface area contributed by atoms with E-state index >= 15 is 0 Å². The fraction of sp³-hybridized carbons (Fsp3) is 0.130. The van der Waals surface area contributed by atoms with Gasteiger partial charge in [-0.3, -0.25) is 0 Å². The van der Waals surface area contributed by atoms with Crippen molar-refractivity contribution in [1.82, 2.24) is 0 Å². The van der Waals surface area contributed by atoms with Gasteiger partial charge in [0.15, 0.2) is 0 Å². The van der Waals surface area contributed by atoms with Crippen LogP contribution >= 0.6 is 0 Å². The predicted molar refractivity (Wildman–Crippen MR) is 111 cm³/mol. The zero-order chi connectivity index (χ0) is 18.3. The maximum absolute atomic E-state index is 6.34. The molecule has 4 rings (SSSR count). The smallest absolute Gasteiger partial charge is 0.143 e. The van der Waals surface area contributed by atoms with Crippen molar-refractivity contribution in [1.29, 1.82) is 0 Å². The third-order valence-corrected chi connectivity index (χ3v) is 4.72. The molecule has 0 aliphatic rings. The fourth-order valence-corrected chi connectivity index (χ4v) is 3.28. The van der Waals surface area contributed by atoms with Gasteiger partial charge in [0.25, 0.3) is 0 Å². The van der Waals surface area contributed by atoms with Gasteiger partial charge in [-0.2, -0.15) is 0 Å². The highest BCUT2D eigenvalue weighted by Gasteiger charge is 2.11. The molecule has 4 N–H and O–H groups in total. The standard InChI is InChI=1S/C23H22N2O/c1-14(2)15-3-7-20(8-4-15)26-23-21-9-5-18(24)12-16(21)11-17-13-19(25)6-10-22(17)23/h3-14H,24-25H2,1-2H3. The van der Waals surface area contributed by atoms with Crippen LogP contribution in [-0.4, -0.2) is 0 Å². The Morgan fingerprint density at radius 2 is 1.23 bits per heavy atom. The minimum absolute atomic E-state index is 0.494. The van der Waals surface area contributed by atoms with Crippen LogP contribution in [0.2, 0.25) is 0 Å². The van der Waals surface area contributed by atoms with E-state index in [9.17, 15) is 0 Å². The molecule has 0 fully saturated rings. The van der Waals surface area contributed by atoms with E-state index < -0.39 is 0 Å². The summed E-state index contributed by atoms with van der Waals surface area (Å²) < 4.78 is 6.34. The number of nitrogens with two attached hydrogens (primary N) is 2. The Bertz CT molecular complexity index is 1040. The molecule has 0 saturated carbocycles. The van der Waals surface area contributed by atoms with E-state index in [0.717, 1.165) is 44.4 Å². The van der Waals surface area contributed by atoms with Crippen LogP contribution in [0.1, 0.15) is 25.3 Å². The number of fused-ring (bicyclic) bond motifs is 2. The lowest BCUT2D eigenvalue weighted by atomic mass is 10.0. The molecule has 0 atom stereocenters. The Morgan fingerprint density at radius 1 is 0.692 bits per heavy atom. The van der Waals surface area contributed by atoms with Crippen molar-refractivity contribution in [3.05, 3.63) is 72.3 Å². The van der Waals surface area contributed by atoms with Crippen LogP contribution in [0.15, 0.2) is 66.7 Å². The van der Waals surface area contributed by atoms with E-state index in [-0.39, 0.29) is 0 Å². The summed E-state index contributed by atoms with van der Waals surface area (Å²) in [4.78, 5) is 0. The van der Waals surface area contributed by atoms with Gasteiger partial charge in [-0.05, 0) is 76.9 Å². The van der Waals surface area contributed by atoms with Crippen LogP contribution in [0, 0.1) is 0 Å². The lowest BCUT2D eigenvalue weighted by molar-refractivity contribution is 0.493. The van der Waals surface area contributed by atoms with Gasteiger partial charge < -0.3 is 16.2 Å². The number of ether oxygens (including phenoxy) is 1. The van der Waals surface area contributed by atoms with Crippen molar-refractivity contribution in [2.45, 2.75) is 19.8 Å². The summed E-state index contributed by atoms with van der Waals surface area (Å²) >= 11 is 0. The Morgan fingerprint density at radius 3 is 1.73 bits per heavy atom. The van der Waals surface area contributed by atoms with Gasteiger partial charge in [-0.1, -0.05) is 26.0 Å². The highest BCUT2D eigenvalue weighted by atomic mass is 16.5. The van der Waals surface area contributed by atoms with E-state index in [1.165, 1.54) is 5.56 Å². The molecule has 3 heteroatoms. The number of nitrogen functional groups attached to an aromatic ring is 2. The van der Waals surface area contributed by atoms with Crippen molar-refractivity contribution in [3.63, 3.8) is 0 Å². The molecule has 4 aromatic rings. The number of rotatable bonds is 3. The topological polar surface area (TPSA) is 61.3 Å². The predicted octanol–water partition coefficient (Wildman–Crippen LogP) is 6.07. The van der Waals surface area contributed by atoms with Gasteiger partial charge in [0.2, 0.25) is 0 Å². The minimum Gasteiger partial charge on any atom is -0.456 e. The normalized spacial score (nSPS) is 11.3. The lowest BCUT2D eigenvalue weighted by Gasteiger charge is -2.14. The van der Waals surface area contributed by atoms with Gasteiger partial charge in [0.1, 0.15) is 11.5 Å². The van der Waals surface area contributed by atoms with E-state index in [4.69, 9.17) is 16.2 Å². The largest absolute Gasteiger partial charge is 0.456 e. The first kappa shape index (κ1) is 16.3. The van der Waals surface area contributed by atoms with Crippen LogP contribution in [0.4, 0.5) is 11.4 Å². The van der Waals surface area contributed by atoms with Crippen molar-refractivity contribution >= 4 is 32.9 Å². The van der Waals surface area contributed by atoms with Gasteiger partial charge in [0, 0.05) is 22.1 Å². The highest BCUT2D eigenvalue weighted by molar-refractivity contribution is 6.07. The lowest BCUT2D eigenvalue weighted by Crippen LogP contribution is -1.92. The Labute approximate surface area is 153 Å². The zero-order valence-electron chi connectivity index (χ0n) is 15.0. The molecule has 130 valence electrons. The molecule has 0 aliphatic heterocycles. The molecule has 0 aliphatic carbocycles. The summed E-state index contributed by atoms with van der Waals surface area (Å²) in [6, 6.07) is 22.1. The number of hydrogen-bond donors (Lipinski definition) is 2. The maximum atomic E-state index is 6.34. The summed E-state index contributed by atoms with van der Waals surface area (Å²) in [6.07, 6.45) is 0. The highest BCUT2D eigenvalue weighted by Crippen LogP contribution is 2.39. The molecule has 0 amide bonds. The van der Waals surface area contributed by atoms with Gasteiger partial charge >= 0.3 is 0 Å². The first-order valence-electron chi connectivity index (χ1n) is 8.80. The van der Waals surface area contributed by atoms with Crippen LogP contribution in [0.5, 0.6) is 11.5 Å². The molecule has 3 nitrogen and oxygen atoms in total. The SMILES string of the molecule is CC(C)c1ccc(Oc2c3ccc(N)cc3cc3cc(N)ccc23)cc1. The molecule has 26 heavy (non-hydrogen) atoms. The number of benzene rings is 4. The Balaban J connectivity index is 1.90. The second-order valence-corrected chi connectivity index (χ2v) is 6.99. The van der Waals surface area contributed by atoms with E-state index in [1.807, 2.05) is 48.5 Å². The van der Waals surface area contributed by atoms with Crippen LogP contribution < -0.4 is 16.2 Å². The first-order valence-corrected chi connectivity index (χ1v) is 8.80. The quantitative estimate of drug-likeness (QED) is 0.351. The van der Waals surface area contributed by atoms with Gasteiger partial charge in [0.05, 0.1) is 0 Å². The molecule has 0 saturated heterocycles. The number of hydrogen-bond acceptors (Lipinski definition) is 3. The summed E-state index contributed by atoms with van der Waals surface area (Å²) in [7, 11) is 0. The second kappa shape index (κ2) is 6.26. The second-order valence-electron chi connectivity index (χ2n) is 6.99. The molecule has 0 bridgehead atoms. The molecule has 0 aromatic heterocycles. The fourth-order valence-electron chi connectivity index (χ4n) is 3.28. The molecule has 4 aromatic carbocycles. The maximum Gasteiger partial charge on any atom is 0.143 e. The summed E-state index contributed by atoms with van der Waals surface area (Å²) in [5.41, 5.74) is 14.7. The summed E-state index contributed by atoms with van der Waals surface area (Å²) in [5.74, 6) is 2.14. The molecule has 0 spiro atoms. The third-order valence-electron chi connectivity index (χ3n) is 4.72. The zero-order valence-corrected chi connectivity index (χ0v) is 15.0. The summed E-state index contributed by atoms with van der Waals surface area (Å²) in [5, 5.41) is 4.14. The average molecular weight is 342 g/mol. The van der Waals surface area contributed by atoms with Gasteiger partial charge in [-0.25, -0.2) is 0 Å². The van der Waals surface area contributed by atoms with Crippen LogP contribution in [0.25, 0.3) is 21.5 Å². The van der Waals surface area contributed by atoms with Crippen LogP contribution in [-0.2, 0) is 0 Å². The minimum atomic E-state index is 0.494. The van der Waals surface area contributed by atoms with E-state index in [0.29, 0.717) is 5.92 Å². The van der Waals surface area contributed by atoms with Crippen molar-refractivity contribution in [2.75, 3.05) is 11.5 Å². The van der Waals surface area contributed by atoms with Crippen molar-refractivity contribution < 1.29 is 4.74 Å². The molecule has 0 radical (unpaired) electrons. The third kappa shape index (κ3) is 2.92. The first-order chi connectivity index (χ1) is 12.5. The van der Waals surface area contributed by atoms with Gasteiger partial charge in [-0.15, -0.1) is 0 Å². The van der Waals surface area contributed by atoms with E-state index in [1.54, 1.807) is 0 Å².